The van der Waals surface area contributed by atoms with Gasteiger partial charge in [0.2, 0.25) is 0 Å². The highest BCUT2D eigenvalue weighted by atomic mass is 19.1. The molecule has 0 aliphatic carbocycles. The maximum absolute atomic E-state index is 14.2. The first-order valence-electron chi connectivity index (χ1n) is 6.50. The Labute approximate surface area is 118 Å². The third-order valence-corrected chi connectivity index (χ3v) is 2.99. The van der Waals surface area contributed by atoms with Crippen molar-refractivity contribution < 1.29 is 14.2 Å². The molecule has 0 unspecified atom stereocenters. The van der Waals surface area contributed by atoms with Crippen LogP contribution < -0.4 is 10.1 Å². The van der Waals surface area contributed by atoms with Crippen molar-refractivity contribution in [1.29, 1.82) is 0 Å². The lowest BCUT2D eigenvalue weighted by Gasteiger charge is -2.14. The molecule has 4 heteroatoms. The van der Waals surface area contributed by atoms with Crippen LogP contribution in [0.5, 0.6) is 5.75 Å². The van der Waals surface area contributed by atoms with E-state index >= 15 is 0 Å². The summed E-state index contributed by atoms with van der Waals surface area (Å²) >= 11 is 0. The molecule has 2 rings (SSSR count). The van der Waals surface area contributed by atoms with Gasteiger partial charge in [0.05, 0.1) is 6.10 Å². The summed E-state index contributed by atoms with van der Waals surface area (Å²) in [6, 6.07) is 14.4. The van der Waals surface area contributed by atoms with Crippen LogP contribution in [0.1, 0.15) is 17.2 Å². The quantitative estimate of drug-likeness (QED) is 0.851. The van der Waals surface area contributed by atoms with E-state index in [1.165, 1.54) is 0 Å². The SMILES string of the molecule is CNC[C@@H](O)c1cccc(OCc2ccccc2)c1F. The predicted octanol–water partition coefficient (Wildman–Crippen LogP) is 2.66. The predicted molar refractivity (Wildman–Crippen MR) is 76.1 cm³/mol. The number of nitrogens with one attached hydrogen (secondary N) is 1. The molecule has 1 atom stereocenters. The van der Waals surface area contributed by atoms with Gasteiger partial charge in [-0.1, -0.05) is 42.5 Å². The van der Waals surface area contributed by atoms with E-state index in [0.29, 0.717) is 13.2 Å². The summed E-state index contributed by atoms with van der Waals surface area (Å²) in [5.74, 6) is -0.354. The number of hydrogen-bond donors (Lipinski definition) is 2. The van der Waals surface area contributed by atoms with Crippen molar-refractivity contribution in [2.24, 2.45) is 0 Å². The molecule has 0 bridgehead atoms. The van der Waals surface area contributed by atoms with Crippen molar-refractivity contribution in [3.05, 3.63) is 65.5 Å². The second-order valence-electron chi connectivity index (χ2n) is 4.51. The van der Waals surface area contributed by atoms with Gasteiger partial charge >= 0.3 is 0 Å². The number of benzene rings is 2. The van der Waals surface area contributed by atoms with Gasteiger partial charge in [0.25, 0.3) is 0 Å². The van der Waals surface area contributed by atoms with E-state index < -0.39 is 11.9 Å². The highest BCUT2D eigenvalue weighted by Gasteiger charge is 2.15. The highest BCUT2D eigenvalue weighted by molar-refractivity contribution is 5.33. The minimum absolute atomic E-state index is 0.154. The van der Waals surface area contributed by atoms with E-state index in [9.17, 15) is 9.50 Å². The number of likely N-dealkylation sites (N-methyl/N-ethyl adjacent to an activating group) is 1. The molecular weight excluding hydrogens is 257 g/mol. The first-order chi connectivity index (χ1) is 9.72. The molecule has 0 aliphatic rings. The van der Waals surface area contributed by atoms with Crippen LogP contribution in [0.4, 0.5) is 4.39 Å². The second kappa shape index (κ2) is 7.03. The van der Waals surface area contributed by atoms with Crippen LogP contribution in [0, 0.1) is 5.82 Å². The lowest BCUT2D eigenvalue weighted by atomic mass is 10.1. The Kier molecular flexibility index (Phi) is 5.09. The Morgan fingerprint density at radius 2 is 1.90 bits per heavy atom. The van der Waals surface area contributed by atoms with E-state index in [0.717, 1.165) is 5.56 Å². The van der Waals surface area contributed by atoms with Gasteiger partial charge in [-0.3, -0.25) is 0 Å². The third-order valence-electron chi connectivity index (χ3n) is 2.99. The molecule has 20 heavy (non-hydrogen) atoms. The maximum Gasteiger partial charge on any atom is 0.170 e. The van der Waals surface area contributed by atoms with Crippen molar-refractivity contribution in [2.75, 3.05) is 13.6 Å². The summed E-state index contributed by atoms with van der Waals surface area (Å²) < 4.78 is 19.7. The fourth-order valence-electron chi connectivity index (χ4n) is 1.94. The fraction of sp³-hybridized carbons (Fsp3) is 0.250. The second-order valence-corrected chi connectivity index (χ2v) is 4.51. The van der Waals surface area contributed by atoms with E-state index in [1.807, 2.05) is 30.3 Å². The molecule has 106 valence electrons. The van der Waals surface area contributed by atoms with Crippen LogP contribution >= 0.6 is 0 Å². The fourth-order valence-corrected chi connectivity index (χ4v) is 1.94. The molecule has 0 amide bonds. The van der Waals surface area contributed by atoms with E-state index in [-0.39, 0.29) is 11.3 Å². The van der Waals surface area contributed by atoms with Gasteiger partial charge in [-0.25, -0.2) is 4.39 Å². The van der Waals surface area contributed by atoms with Crippen LogP contribution in [-0.2, 0) is 6.61 Å². The van der Waals surface area contributed by atoms with Crippen LogP contribution in [-0.4, -0.2) is 18.7 Å². The minimum Gasteiger partial charge on any atom is -0.486 e. The zero-order valence-corrected chi connectivity index (χ0v) is 11.3. The Balaban J connectivity index is 2.10. The number of halogens is 1. The first kappa shape index (κ1) is 14.5. The summed E-state index contributed by atoms with van der Waals surface area (Å²) in [4.78, 5) is 0. The number of ether oxygens (including phenoxy) is 1. The first-order valence-corrected chi connectivity index (χ1v) is 6.50. The van der Waals surface area contributed by atoms with Crippen molar-refractivity contribution in [3.63, 3.8) is 0 Å². The Hall–Kier alpha value is -1.91. The van der Waals surface area contributed by atoms with Crippen molar-refractivity contribution >= 4 is 0 Å². The molecule has 0 aliphatic heterocycles. The van der Waals surface area contributed by atoms with Gasteiger partial charge in [-0.2, -0.15) is 0 Å². The van der Waals surface area contributed by atoms with Gasteiger partial charge < -0.3 is 15.2 Å². The average molecular weight is 275 g/mol. The Morgan fingerprint density at radius 3 is 2.60 bits per heavy atom. The van der Waals surface area contributed by atoms with Crippen molar-refractivity contribution in [3.8, 4) is 5.75 Å². The topological polar surface area (TPSA) is 41.5 Å². The molecule has 2 aromatic carbocycles. The normalized spacial score (nSPS) is 12.2. The zero-order valence-electron chi connectivity index (χ0n) is 11.3. The molecule has 0 saturated carbocycles. The van der Waals surface area contributed by atoms with Crippen LogP contribution in [0.3, 0.4) is 0 Å². The number of aliphatic hydroxyl groups excluding tert-OH is 1. The molecule has 3 nitrogen and oxygen atoms in total. The third kappa shape index (κ3) is 3.56. The zero-order chi connectivity index (χ0) is 14.4. The molecule has 0 radical (unpaired) electrons. The molecule has 0 fully saturated rings. The van der Waals surface area contributed by atoms with Gasteiger partial charge in [0, 0.05) is 12.1 Å². The molecule has 0 heterocycles. The molecule has 2 N–H and O–H groups in total. The van der Waals surface area contributed by atoms with E-state index in [4.69, 9.17) is 4.74 Å². The van der Waals surface area contributed by atoms with Gasteiger partial charge in [-0.05, 0) is 18.7 Å². The smallest absolute Gasteiger partial charge is 0.170 e. The maximum atomic E-state index is 14.2. The lowest BCUT2D eigenvalue weighted by molar-refractivity contribution is 0.171. The van der Waals surface area contributed by atoms with Crippen LogP contribution in [0.2, 0.25) is 0 Å². The number of hydrogen-bond acceptors (Lipinski definition) is 3. The number of aliphatic hydroxyl groups is 1. The van der Waals surface area contributed by atoms with Crippen LogP contribution in [0.25, 0.3) is 0 Å². The highest BCUT2D eigenvalue weighted by Crippen LogP contribution is 2.25. The average Bonchev–Trinajstić information content (AvgIpc) is 2.47. The largest absolute Gasteiger partial charge is 0.486 e. The van der Waals surface area contributed by atoms with Gasteiger partial charge in [0.15, 0.2) is 11.6 Å². The van der Waals surface area contributed by atoms with Gasteiger partial charge in [-0.15, -0.1) is 0 Å². The van der Waals surface area contributed by atoms with Crippen LogP contribution in [0.15, 0.2) is 48.5 Å². The summed E-state index contributed by atoms with van der Waals surface area (Å²) in [5, 5.41) is 12.7. The standard InChI is InChI=1S/C16H18FNO2/c1-18-10-14(19)13-8-5-9-15(16(13)17)20-11-12-6-3-2-4-7-12/h2-9,14,18-19H,10-11H2,1H3/t14-/m1/s1. The number of rotatable bonds is 6. The molecule has 0 aromatic heterocycles. The summed E-state index contributed by atoms with van der Waals surface area (Å²) in [6.45, 7) is 0.586. The summed E-state index contributed by atoms with van der Waals surface area (Å²) in [5.41, 5.74) is 1.21. The monoisotopic (exact) mass is 275 g/mol. The molecule has 0 spiro atoms. The van der Waals surface area contributed by atoms with E-state index in [2.05, 4.69) is 5.32 Å². The Bertz CT molecular complexity index is 545. The summed E-state index contributed by atoms with van der Waals surface area (Å²) in [7, 11) is 1.71. The van der Waals surface area contributed by atoms with Crippen molar-refractivity contribution in [2.45, 2.75) is 12.7 Å². The summed E-state index contributed by atoms with van der Waals surface area (Å²) in [6.07, 6.45) is -0.889. The molecule has 0 saturated heterocycles. The molecular formula is C16H18FNO2. The lowest BCUT2D eigenvalue weighted by Crippen LogP contribution is -2.17. The van der Waals surface area contributed by atoms with Crippen molar-refractivity contribution in [1.82, 2.24) is 5.32 Å². The van der Waals surface area contributed by atoms with E-state index in [1.54, 1.807) is 25.2 Å². The minimum atomic E-state index is -0.889. The van der Waals surface area contributed by atoms with Gasteiger partial charge in [0.1, 0.15) is 6.61 Å². The Morgan fingerprint density at radius 1 is 1.15 bits per heavy atom. The molecule has 2 aromatic rings.